The minimum Gasteiger partial charge on any atom is -0.388 e. The van der Waals surface area contributed by atoms with Gasteiger partial charge in [0.15, 0.2) is 0 Å². The van der Waals surface area contributed by atoms with Crippen molar-refractivity contribution in [3.63, 3.8) is 0 Å². The van der Waals surface area contributed by atoms with Crippen LogP contribution in [-0.4, -0.2) is 19.3 Å². The Bertz CT molecular complexity index is 972. The highest BCUT2D eigenvalue weighted by Crippen LogP contribution is 2.36. The van der Waals surface area contributed by atoms with Gasteiger partial charge in [-0.25, -0.2) is 4.79 Å². The van der Waals surface area contributed by atoms with Gasteiger partial charge >= 0.3 is 0 Å². The summed E-state index contributed by atoms with van der Waals surface area (Å²) in [6, 6.07) is 24.8. The molecule has 3 rings (SSSR count). The standard InChI is InChI=1S/C24H20NO2/c1-25-24-13-6-5-12-21(24)22(15-18-8-7-9-19(14-18)16-26)23(17-27)20-10-3-2-4-11-20/h2-14,16,25H,15H2,1H3. The molecule has 0 saturated carbocycles. The lowest BCUT2D eigenvalue weighted by Crippen LogP contribution is -2.10. The number of para-hydroxylation sites is 1. The highest BCUT2D eigenvalue weighted by Gasteiger charge is 2.23. The van der Waals surface area contributed by atoms with E-state index in [2.05, 4.69) is 11.3 Å². The molecular weight excluding hydrogens is 334 g/mol. The van der Waals surface area contributed by atoms with Crippen LogP contribution in [0.3, 0.4) is 0 Å². The highest BCUT2D eigenvalue weighted by atomic mass is 16.1. The molecule has 3 aromatic carbocycles. The molecule has 0 bridgehead atoms. The van der Waals surface area contributed by atoms with Crippen molar-refractivity contribution in [1.29, 1.82) is 0 Å². The van der Waals surface area contributed by atoms with E-state index >= 15 is 0 Å². The Kier molecular flexibility index (Phi) is 5.98. The molecule has 0 aliphatic rings. The summed E-state index contributed by atoms with van der Waals surface area (Å²) in [6.07, 6.45) is 1.35. The summed E-state index contributed by atoms with van der Waals surface area (Å²) in [5.41, 5.74) is 4.80. The maximum absolute atomic E-state index is 12.0. The van der Waals surface area contributed by atoms with Crippen molar-refractivity contribution < 1.29 is 9.59 Å². The Morgan fingerprint density at radius 1 is 0.963 bits per heavy atom. The number of allylic oxidation sites excluding steroid dienone is 1. The third-order valence-electron chi connectivity index (χ3n) is 4.46. The minimum atomic E-state index is 0.514. The minimum absolute atomic E-state index is 0.514. The van der Waals surface area contributed by atoms with Gasteiger partial charge < -0.3 is 5.32 Å². The second-order valence-corrected chi connectivity index (χ2v) is 6.16. The van der Waals surface area contributed by atoms with Crippen LogP contribution in [0.15, 0.2) is 78.9 Å². The number of nitrogens with one attached hydrogen (secondary N) is 1. The van der Waals surface area contributed by atoms with E-state index in [0.29, 0.717) is 17.6 Å². The van der Waals surface area contributed by atoms with Crippen LogP contribution in [0.2, 0.25) is 0 Å². The predicted octanol–water partition coefficient (Wildman–Crippen LogP) is 4.62. The average Bonchev–Trinajstić information content (AvgIpc) is 2.74. The highest BCUT2D eigenvalue weighted by molar-refractivity contribution is 5.98. The van der Waals surface area contributed by atoms with E-state index in [-0.39, 0.29) is 0 Å². The zero-order valence-electron chi connectivity index (χ0n) is 15.1. The van der Waals surface area contributed by atoms with Gasteiger partial charge in [0.2, 0.25) is 0 Å². The van der Waals surface area contributed by atoms with Crippen molar-refractivity contribution in [3.05, 3.63) is 107 Å². The molecule has 3 aromatic rings. The second kappa shape index (κ2) is 8.79. The van der Waals surface area contributed by atoms with Crippen LogP contribution in [0.5, 0.6) is 0 Å². The van der Waals surface area contributed by atoms with Crippen LogP contribution < -0.4 is 5.32 Å². The lowest BCUT2D eigenvalue weighted by molar-refractivity contribution is 0.112. The molecule has 133 valence electrons. The van der Waals surface area contributed by atoms with Crippen molar-refractivity contribution in [1.82, 2.24) is 0 Å². The lowest BCUT2D eigenvalue weighted by Gasteiger charge is -2.21. The van der Waals surface area contributed by atoms with Gasteiger partial charge in [0.25, 0.3) is 0 Å². The number of anilines is 1. The summed E-state index contributed by atoms with van der Waals surface area (Å²) in [5, 5.41) is 3.19. The molecule has 0 saturated heterocycles. The van der Waals surface area contributed by atoms with Crippen LogP contribution in [0.1, 0.15) is 27.0 Å². The molecule has 0 aliphatic carbocycles. The van der Waals surface area contributed by atoms with Crippen LogP contribution in [0, 0.1) is 5.92 Å². The molecule has 0 unspecified atom stereocenters. The first-order valence-electron chi connectivity index (χ1n) is 8.75. The van der Waals surface area contributed by atoms with Crippen LogP contribution in [-0.2, 0) is 11.2 Å². The summed E-state index contributed by atoms with van der Waals surface area (Å²) in [7, 11) is 1.86. The maximum Gasteiger partial charge on any atom is 0.150 e. The number of rotatable bonds is 7. The maximum atomic E-state index is 12.0. The first-order chi connectivity index (χ1) is 13.3. The van der Waals surface area contributed by atoms with Gasteiger partial charge in [0.1, 0.15) is 12.2 Å². The average molecular weight is 354 g/mol. The predicted molar refractivity (Wildman–Crippen MR) is 109 cm³/mol. The summed E-state index contributed by atoms with van der Waals surface area (Å²) >= 11 is 0. The molecule has 27 heavy (non-hydrogen) atoms. The SMILES string of the molecule is CNc1ccccc1[C](Cc1cccc(C=O)c1)C(=C=O)c1ccccc1. The topological polar surface area (TPSA) is 46.2 Å². The molecule has 3 nitrogen and oxygen atoms in total. The molecular formula is C24H20NO2. The lowest BCUT2D eigenvalue weighted by atomic mass is 9.82. The van der Waals surface area contributed by atoms with Crippen molar-refractivity contribution in [2.24, 2.45) is 0 Å². The van der Waals surface area contributed by atoms with Crippen LogP contribution in [0.25, 0.3) is 5.57 Å². The number of hydrogen-bond acceptors (Lipinski definition) is 3. The molecule has 0 amide bonds. The Labute approximate surface area is 159 Å². The van der Waals surface area contributed by atoms with Gasteiger partial charge in [-0.2, -0.15) is 0 Å². The summed E-state index contributed by atoms with van der Waals surface area (Å²) in [6.45, 7) is 0. The van der Waals surface area contributed by atoms with E-state index in [9.17, 15) is 9.59 Å². The molecule has 0 atom stereocenters. The normalized spacial score (nSPS) is 10.3. The van der Waals surface area contributed by atoms with Crippen LogP contribution in [0.4, 0.5) is 5.69 Å². The monoisotopic (exact) mass is 354 g/mol. The van der Waals surface area contributed by atoms with Crippen molar-refractivity contribution in [2.45, 2.75) is 6.42 Å². The molecule has 0 spiro atoms. The third kappa shape index (κ3) is 4.22. The third-order valence-corrected chi connectivity index (χ3v) is 4.46. The summed E-state index contributed by atoms with van der Waals surface area (Å²) in [5.74, 6) is 3.01. The number of aldehydes is 1. The van der Waals surface area contributed by atoms with Gasteiger partial charge in [0, 0.05) is 18.3 Å². The van der Waals surface area contributed by atoms with Crippen molar-refractivity contribution in [2.75, 3.05) is 12.4 Å². The summed E-state index contributed by atoms with van der Waals surface area (Å²) < 4.78 is 0. The molecule has 0 aromatic heterocycles. The largest absolute Gasteiger partial charge is 0.388 e. The molecule has 0 fully saturated rings. The van der Waals surface area contributed by atoms with Crippen molar-refractivity contribution in [3.8, 4) is 0 Å². The Morgan fingerprint density at radius 3 is 2.41 bits per heavy atom. The Morgan fingerprint density at radius 2 is 1.70 bits per heavy atom. The quantitative estimate of drug-likeness (QED) is 0.497. The van der Waals surface area contributed by atoms with E-state index in [1.165, 1.54) is 0 Å². The fourth-order valence-corrected chi connectivity index (χ4v) is 3.16. The Balaban J connectivity index is 2.11. The van der Waals surface area contributed by atoms with E-state index in [1.807, 2.05) is 79.8 Å². The van der Waals surface area contributed by atoms with Crippen LogP contribution >= 0.6 is 0 Å². The van der Waals surface area contributed by atoms with E-state index < -0.39 is 0 Å². The second-order valence-electron chi connectivity index (χ2n) is 6.16. The molecule has 0 heterocycles. The fourth-order valence-electron chi connectivity index (χ4n) is 3.16. The summed E-state index contributed by atoms with van der Waals surface area (Å²) in [4.78, 5) is 23.1. The van der Waals surface area contributed by atoms with Gasteiger partial charge in [-0.3, -0.25) is 4.79 Å². The zero-order valence-corrected chi connectivity index (χ0v) is 15.1. The van der Waals surface area contributed by atoms with Gasteiger partial charge in [0.05, 0.1) is 11.5 Å². The molecule has 1 radical (unpaired) electrons. The number of hydrogen-bond donors (Lipinski definition) is 1. The first-order valence-corrected chi connectivity index (χ1v) is 8.75. The first kappa shape index (κ1) is 18.4. The molecule has 0 aliphatic heterocycles. The zero-order chi connectivity index (χ0) is 19.1. The number of carbonyl (C=O) groups excluding carboxylic acids is 2. The van der Waals surface area contributed by atoms with E-state index in [0.717, 1.165) is 34.6 Å². The van der Waals surface area contributed by atoms with Gasteiger partial charge in [-0.05, 0) is 35.2 Å². The number of carbonyl (C=O) groups is 1. The van der Waals surface area contributed by atoms with Gasteiger partial charge in [-0.15, -0.1) is 0 Å². The molecule has 1 N–H and O–H groups in total. The van der Waals surface area contributed by atoms with E-state index in [4.69, 9.17) is 0 Å². The number of benzene rings is 3. The Hall–Kier alpha value is -3.42. The van der Waals surface area contributed by atoms with Gasteiger partial charge in [-0.1, -0.05) is 66.7 Å². The van der Waals surface area contributed by atoms with Crippen molar-refractivity contribution >= 4 is 23.5 Å². The smallest absolute Gasteiger partial charge is 0.150 e. The molecule has 3 heteroatoms. The van der Waals surface area contributed by atoms with E-state index in [1.54, 1.807) is 6.07 Å². The fraction of sp³-hybridized carbons (Fsp3) is 0.0833.